The maximum Gasteiger partial charge on any atom is 0.147 e. The van der Waals surface area contributed by atoms with Gasteiger partial charge in [0.1, 0.15) is 11.6 Å². The van der Waals surface area contributed by atoms with Crippen LogP contribution in [-0.4, -0.2) is 39.8 Å². The molecule has 0 bridgehead atoms. The van der Waals surface area contributed by atoms with Gasteiger partial charge in [-0.25, -0.2) is 9.67 Å². The first-order valence-corrected chi connectivity index (χ1v) is 8.74. The lowest BCUT2D eigenvalue weighted by Gasteiger charge is -2.29. The van der Waals surface area contributed by atoms with E-state index in [1.807, 2.05) is 6.92 Å². The summed E-state index contributed by atoms with van der Waals surface area (Å²) in [6.45, 7) is 7.41. The first-order chi connectivity index (χ1) is 11.1. The smallest absolute Gasteiger partial charge is 0.147 e. The summed E-state index contributed by atoms with van der Waals surface area (Å²) in [7, 11) is 2.23. The minimum Gasteiger partial charge on any atom is -0.306 e. The maximum atomic E-state index is 4.67. The molecule has 23 heavy (non-hydrogen) atoms. The van der Waals surface area contributed by atoms with E-state index in [1.54, 1.807) is 0 Å². The fraction of sp³-hybridized carbons (Fsp3) is 0.579. The van der Waals surface area contributed by atoms with Crippen molar-refractivity contribution < 1.29 is 0 Å². The topological polar surface area (TPSA) is 34.0 Å². The number of hydrogen-bond donors (Lipinski definition) is 0. The molecule has 1 saturated heterocycles. The van der Waals surface area contributed by atoms with E-state index >= 15 is 0 Å². The molecule has 0 radical (unpaired) electrons. The van der Waals surface area contributed by atoms with Crippen molar-refractivity contribution >= 4 is 0 Å². The van der Waals surface area contributed by atoms with Gasteiger partial charge in [-0.3, -0.25) is 0 Å². The van der Waals surface area contributed by atoms with Gasteiger partial charge in [0.05, 0.1) is 6.54 Å². The SMILES string of the molecule is Cc1ccc(Cn2nc(C)nc2CC[C@@H]2CCCN(C)C2)cc1. The number of aryl methyl sites for hydroxylation is 3. The van der Waals surface area contributed by atoms with Crippen molar-refractivity contribution in [2.24, 2.45) is 5.92 Å². The van der Waals surface area contributed by atoms with Crippen LogP contribution in [0.3, 0.4) is 0 Å². The van der Waals surface area contributed by atoms with E-state index < -0.39 is 0 Å². The molecule has 0 unspecified atom stereocenters. The average Bonchev–Trinajstić information content (AvgIpc) is 2.87. The van der Waals surface area contributed by atoms with Crippen LogP contribution in [-0.2, 0) is 13.0 Å². The van der Waals surface area contributed by atoms with Crippen LogP contribution in [0.5, 0.6) is 0 Å². The summed E-state index contributed by atoms with van der Waals surface area (Å²) in [5, 5.41) is 4.60. The second-order valence-electron chi connectivity index (χ2n) is 7.03. The van der Waals surface area contributed by atoms with Gasteiger partial charge in [-0.05, 0) is 58.2 Å². The second kappa shape index (κ2) is 7.26. The molecular formula is C19H28N4. The van der Waals surface area contributed by atoms with Crippen LogP contribution >= 0.6 is 0 Å². The zero-order valence-corrected chi connectivity index (χ0v) is 14.6. The minimum atomic E-state index is 0.804. The largest absolute Gasteiger partial charge is 0.306 e. The quantitative estimate of drug-likeness (QED) is 0.850. The van der Waals surface area contributed by atoms with Gasteiger partial charge in [0.25, 0.3) is 0 Å². The zero-order valence-electron chi connectivity index (χ0n) is 14.6. The van der Waals surface area contributed by atoms with E-state index in [9.17, 15) is 0 Å². The molecule has 0 N–H and O–H groups in total. The summed E-state index contributed by atoms with van der Waals surface area (Å²) < 4.78 is 2.09. The number of benzene rings is 1. The van der Waals surface area contributed by atoms with Crippen LogP contribution < -0.4 is 0 Å². The Morgan fingerprint density at radius 2 is 1.96 bits per heavy atom. The highest BCUT2D eigenvalue weighted by atomic mass is 15.3. The first-order valence-electron chi connectivity index (χ1n) is 8.74. The average molecular weight is 312 g/mol. The van der Waals surface area contributed by atoms with Gasteiger partial charge in [0, 0.05) is 13.0 Å². The van der Waals surface area contributed by atoms with Crippen LogP contribution in [0.2, 0.25) is 0 Å². The molecular weight excluding hydrogens is 284 g/mol. The molecule has 1 fully saturated rings. The van der Waals surface area contributed by atoms with E-state index in [0.29, 0.717) is 0 Å². The normalized spacial score (nSPS) is 19.2. The van der Waals surface area contributed by atoms with Gasteiger partial charge in [0.2, 0.25) is 0 Å². The third-order valence-electron chi connectivity index (χ3n) is 4.81. The van der Waals surface area contributed by atoms with E-state index in [1.165, 1.54) is 43.5 Å². The van der Waals surface area contributed by atoms with E-state index in [4.69, 9.17) is 0 Å². The molecule has 1 aliphatic heterocycles. The van der Waals surface area contributed by atoms with Crippen LogP contribution in [0.25, 0.3) is 0 Å². The number of likely N-dealkylation sites (tertiary alicyclic amines) is 1. The third-order valence-corrected chi connectivity index (χ3v) is 4.81. The van der Waals surface area contributed by atoms with Crippen molar-refractivity contribution in [2.75, 3.05) is 20.1 Å². The summed E-state index contributed by atoms with van der Waals surface area (Å²) in [6, 6.07) is 8.70. The van der Waals surface area contributed by atoms with E-state index in [0.717, 1.165) is 30.5 Å². The molecule has 124 valence electrons. The molecule has 1 aromatic heterocycles. The van der Waals surface area contributed by atoms with E-state index in [-0.39, 0.29) is 0 Å². The Kier molecular flexibility index (Phi) is 5.11. The van der Waals surface area contributed by atoms with Crippen molar-refractivity contribution in [3.8, 4) is 0 Å². The Morgan fingerprint density at radius 1 is 1.17 bits per heavy atom. The first kappa shape index (κ1) is 16.2. The Labute approximate surface area is 139 Å². The van der Waals surface area contributed by atoms with Gasteiger partial charge < -0.3 is 4.90 Å². The summed E-state index contributed by atoms with van der Waals surface area (Å²) in [6.07, 6.45) is 4.94. The molecule has 0 saturated carbocycles. The van der Waals surface area contributed by atoms with Gasteiger partial charge in [-0.1, -0.05) is 29.8 Å². The number of hydrogen-bond acceptors (Lipinski definition) is 3. The summed E-state index contributed by atoms with van der Waals surface area (Å²) in [4.78, 5) is 7.12. The molecule has 1 aliphatic rings. The predicted molar refractivity (Wildman–Crippen MR) is 93.6 cm³/mol. The zero-order chi connectivity index (χ0) is 16.2. The Hall–Kier alpha value is -1.68. The third kappa shape index (κ3) is 4.41. The molecule has 0 spiro atoms. The lowest BCUT2D eigenvalue weighted by Crippen LogP contribution is -2.32. The van der Waals surface area contributed by atoms with E-state index in [2.05, 4.69) is 57.9 Å². The summed E-state index contributed by atoms with van der Waals surface area (Å²) in [5.41, 5.74) is 2.59. The standard InChI is InChI=1S/C19H28N4/c1-15-6-8-18(9-7-15)14-23-19(20-16(2)21-23)11-10-17-5-4-12-22(3)13-17/h6-9,17H,4-5,10-14H2,1-3H3/t17-/m0/s1. The van der Waals surface area contributed by atoms with Crippen LogP contribution in [0, 0.1) is 19.8 Å². The maximum absolute atomic E-state index is 4.67. The highest BCUT2D eigenvalue weighted by molar-refractivity contribution is 5.21. The minimum absolute atomic E-state index is 0.804. The molecule has 1 aromatic carbocycles. The van der Waals surface area contributed by atoms with Gasteiger partial charge in [-0.15, -0.1) is 0 Å². The lowest BCUT2D eigenvalue weighted by atomic mass is 9.93. The summed E-state index contributed by atoms with van der Waals surface area (Å²) >= 11 is 0. The predicted octanol–water partition coefficient (Wildman–Crippen LogP) is 3.22. The summed E-state index contributed by atoms with van der Waals surface area (Å²) in [5.74, 6) is 2.82. The Bertz CT molecular complexity index is 629. The second-order valence-corrected chi connectivity index (χ2v) is 7.03. The monoisotopic (exact) mass is 312 g/mol. The lowest BCUT2D eigenvalue weighted by molar-refractivity contribution is 0.201. The fourth-order valence-corrected chi connectivity index (χ4v) is 3.52. The van der Waals surface area contributed by atoms with Crippen molar-refractivity contribution in [1.29, 1.82) is 0 Å². The molecule has 0 amide bonds. The molecule has 2 heterocycles. The van der Waals surface area contributed by atoms with Crippen molar-refractivity contribution in [2.45, 2.75) is 46.1 Å². The number of rotatable bonds is 5. The highest BCUT2D eigenvalue weighted by Gasteiger charge is 2.18. The molecule has 4 nitrogen and oxygen atoms in total. The van der Waals surface area contributed by atoms with Gasteiger partial charge in [-0.2, -0.15) is 5.10 Å². The number of piperidine rings is 1. The van der Waals surface area contributed by atoms with Crippen LogP contribution in [0.4, 0.5) is 0 Å². The molecule has 3 rings (SSSR count). The van der Waals surface area contributed by atoms with Crippen molar-refractivity contribution in [1.82, 2.24) is 19.7 Å². The Morgan fingerprint density at radius 3 is 2.70 bits per heavy atom. The Balaban J connectivity index is 1.64. The van der Waals surface area contributed by atoms with Crippen molar-refractivity contribution in [3.63, 3.8) is 0 Å². The molecule has 0 aliphatic carbocycles. The van der Waals surface area contributed by atoms with Crippen LogP contribution in [0.15, 0.2) is 24.3 Å². The fourth-order valence-electron chi connectivity index (χ4n) is 3.52. The molecule has 1 atom stereocenters. The molecule has 4 heteroatoms. The van der Waals surface area contributed by atoms with Crippen LogP contribution in [0.1, 0.15) is 42.0 Å². The molecule has 2 aromatic rings. The highest BCUT2D eigenvalue weighted by Crippen LogP contribution is 2.20. The van der Waals surface area contributed by atoms with Gasteiger partial charge in [0.15, 0.2) is 0 Å². The number of aromatic nitrogens is 3. The van der Waals surface area contributed by atoms with Crippen molar-refractivity contribution in [3.05, 3.63) is 47.0 Å². The van der Waals surface area contributed by atoms with Gasteiger partial charge >= 0.3 is 0 Å². The number of nitrogens with zero attached hydrogens (tertiary/aromatic N) is 4.